The van der Waals surface area contributed by atoms with Crippen LogP contribution >= 0.6 is 11.3 Å². The molecule has 1 aliphatic heterocycles. The molecule has 0 spiro atoms. The second-order valence-corrected chi connectivity index (χ2v) is 9.27. The maximum absolute atomic E-state index is 13.0. The van der Waals surface area contributed by atoms with Crippen LogP contribution in [0, 0.1) is 11.7 Å². The highest BCUT2D eigenvalue weighted by Crippen LogP contribution is 2.41. The summed E-state index contributed by atoms with van der Waals surface area (Å²) in [6, 6.07) is 14.0. The molecule has 2 aromatic rings. The Labute approximate surface area is 207 Å². The summed E-state index contributed by atoms with van der Waals surface area (Å²) in [5, 5.41) is 9.05. The zero-order valence-corrected chi connectivity index (χ0v) is 20.6. The highest BCUT2D eigenvalue weighted by atomic mass is 32.1. The number of hydrogen-bond acceptors (Lipinski definition) is 8. The van der Waals surface area contributed by atoms with Gasteiger partial charge in [-0.1, -0.05) is 36.4 Å². The Hall–Kier alpha value is -3.72. The number of allylic oxidation sites excluding steroid dienone is 1. The third-order valence-electron chi connectivity index (χ3n) is 6.26. The number of halogens is 1. The Morgan fingerprint density at radius 3 is 2.37 bits per heavy atom. The van der Waals surface area contributed by atoms with E-state index >= 15 is 0 Å². The van der Waals surface area contributed by atoms with Crippen molar-refractivity contribution >= 4 is 28.4 Å². The molecule has 3 aliphatic rings. The number of benzene rings is 2. The SMILES string of the molecule is COC(=O)C1=C(C)NC(C)(c2ccccc2)C(C(=O)OC)C1Nc1nccs1.Fc1ccc2cc1-2. The molecule has 2 heterocycles. The number of esters is 2. The third-order valence-corrected chi connectivity index (χ3v) is 6.96. The Kier molecular flexibility index (Phi) is 6.88. The van der Waals surface area contributed by atoms with E-state index in [0.717, 1.165) is 16.7 Å². The van der Waals surface area contributed by atoms with Crippen molar-refractivity contribution in [2.24, 2.45) is 5.92 Å². The number of aromatic nitrogens is 1. The van der Waals surface area contributed by atoms with Gasteiger partial charge in [0.15, 0.2) is 5.13 Å². The van der Waals surface area contributed by atoms with Crippen molar-refractivity contribution in [2.45, 2.75) is 25.4 Å². The first kappa shape index (κ1) is 24.4. The summed E-state index contributed by atoms with van der Waals surface area (Å²) in [6.45, 7) is 3.73. The van der Waals surface area contributed by atoms with Gasteiger partial charge in [-0.15, -0.1) is 11.3 Å². The molecular formula is C26H26FN3O4S. The van der Waals surface area contributed by atoms with Crippen LogP contribution < -0.4 is 10.6 Å². The lowest BCUT2D eigenvalue weighted by Crippen LogP contribution is -2.60. The lowest BCUT2D eigenvalue weighted by molar-refractivity contribution is -0.149. The minimum absolute atomic E-state index is 0.0741. The van der Waals surface area contributed by atoms with Crippen LogP contribution in [0.2, 0.25) is 0 Å². The number of anilines is 1. The fraction of sp³-hybridized carbons (Fsp3) is 0.269. The fourth-order valence-electron chi connectivity index (χ4n) is 4.49. The van der Waals surface area contributed by atoms with Gasteiger partial charge in [0.05, 0.1) is 31.4 Å². The van der Waals surface area contributed by atoms with Gasteiger partial charge in [-0.25, -0.2) is 14.2 Å². The number of carbonyl (C=O) groups excluding carboxylic acids is 2. The van der Waals surface area contributed by atoms with Gasteiger partial charge in [0.25, 0.3) is 0 Å². The van der Waals surface area contributed by atoms with Gasteiger partial charge < -0.3 is 20.1 Å². The van der Waals surface area contributed by atoms with E-state index in [9.17, 15) is 14.0 Å². The molecule has 5 rings (SSSR count). The second kappa shape index (κ2) is 9.87. The Bertz CT molecular complexity index is 1260. The molecule has 0 amide bonds. The average Bonchev–Trinajstić information content (AvgIpc) is 3.30. The van der Waals surface area contributed by atoms with Crippen molar-refractivity contribution in [1.29, 1.82) is 0 Å². The Morgan fingerprint density at radius 2 is 1.89 bits per heavy atom. The summed E-state index contributed by atoms with van der Waals surface area (Å²) >= 11 is 1.39. The van der Waals surface area contributed by atoms with Gasteiger partial charge >= 0.3 is 11.9 Å². The summed E-state index contributed by atoms with van der Waals surface area (Å²) in [5.74, 6) is -1.78. The van der Waals surface area contributed by atoms with E-state index in [-0.39, 0.29) is 5.82 Å². The van der Waals surface area contributed by atoms with Gasteiger partial charge in [0.1, 0.15) is 11.7 Å². The summed E-state index contributed by atoms with van der Waals surface area (Å²) in [4.78, 5) is 29.8. The van der Waals surface area contributed by atoms with Crippen molar-refractivity contribution < 1.29 is 23.5 Å². The van der Waals surface area contributed by atoms with E-state index in [1.807, 2.05) is 48.7 Å². The van der Waals surface area contributed by atoms with Crippen molar-refractivity contribution in [3.8, 4) is 11.1 Å². The number of nitrogens with zero attached hydrogens (tertiary/aromatic N) is 1. The van der Waals surface area contributed by atoms with E-state index < -0.39 is 29.4 Å². The summed E-state index contributed by atoms with van der Waals surface area (Å²) in [5.41, 5.74) is 2.94. The lowest BCUT2D eigenvalue weighted by Gasteiger charge is -2.46. The van der Waals surface area contributed by atoms with Gasteiger partial charge in [0, 0.05) is 22.8 Å². The highest BCUT2D eigenvalue weighted by molar-refractivity contribution is 7.13. The van der Waals surface area contributed by atoms with Crippen LogP contribution in [-0.2, 0) is 24.6 Å². The van der Waals surface area contributed by atoms with Crippen molar-refractivity contribution in [1.82, 2.24) is 10.3 Å². The first-order valence-corrected chi connectivity index (χ1v) is 11.8. The highest BCUT2D eigenvalue weighted by Gasteiger charge is 2.52. The van der Waals surface area contributed by atoms with Crippen LogP contribution in [0.4, 0.5) is 9.52 Å². The summed E-state index contributed by atoms with van der Waals surface area (Å²) < 4.78 is 22.2. The molecular weight excluding hydrogens is 469 g/mol. The summed E-state index contributed by atoms with van der Waals surface area (Å²) in [7, 11) is 2.67. The summed E-state index contributed by atoms with van der Waals surface area (Å²) in [6.07, 6.45) is 1.66. The van der Waals surface area contributed by atoms with Gasteiger partial charge in [0.2, 0.25) is 0 Å². The first-order valence-electron chi connectivity index (χ1n) is 11.0. The van der Waals surface area contributed by atoms with Crippen LogP contribution in [-0.4, -0.2) is 37.2 Å². The Morgan fingerprint density at radius 1 is 1.14 bits per heavy atom. The molecule has 0 bridgehead atoms. The molecule has 35 heavy (non-hydrogen) atoms. The van der Waals surface area contributed by atoms with E-state index in [2.05, 4.69) is 15.6 Å². The molecule has 7 nitrogen and oxygen atoms in total. The molecule has 0 saturated carbocycles. The minimum Gasteiger partial charge on any atom is -0.469 e. The molecule has 2 aliphatic carbocycles. The molecule has 0 saturated heterocycles. The minimum atomic E-state index is -0.815. The van der Waals surface area contributed by atoms with Crippen LogP contribution in [0.1, 0.15) is 19.4 Å². The van der Waals surface area contributed by atoms with E-state index in [0.29, 0.717) is 16.4 Å². The molecule has 182 valence electrons. The lowest BCUT2D eigenvalue weighted by atomic mass is 9.70. The van der Waals surface area contributed by atoms with E-state index in [1.54, 1.807) is 19.2 Å². The zero-order chi connectivity index (χ0) is 25.2. The molecule has 0 fully saturated rings. The second-order valence-electron chi connectivity index (χ2n) is 8.38. The number of methoxy groups -OCH3 is 2. The fourth-order valence-corrected chi connectivity index (χ4v) is 5.06. The van der Waals surface area contributed by atoms with E-state index in [4.69, 9.17) is 9.47 Å². The number of nitrogens with one attached hydrogen (secondary N) is 2. The maximum Gasteiger partial charge on any atom is 0.337 e. The monoisotopic (exact) mass is 495 g/mol. The van der Waals surface area contributed by atoms with Crippen LogP contribution in [0.15, 0.2) is 71.4 Å². The third kappa shape index (κ3) is 4.77. The largest absolute Gasteiger partial charge is 0.469 e. The number of fused-ring (bicyclic) bond motifs is 1. The predicted molar refractivity (Wildman–Crippen MR) is 132 cm³/mol. The number of carbonyl (C=O) groups is 2. The standard InChI is InChI=1S/C20H23N3O4S.C6H3F/c1-12-14(17(24)26-3)16(22-19-21-10-11-28-19)15(18(25)27-4)20(2,23-12)13-8-6-5-7-9-13;7-6-2-1-4-3-5(4)6/h5-11,15-16,23H,1-4H3,(H,21,22);1-3H. The van der Waals surface area contributed by atoms with Gasteiger partial charge in [-0.3, -0.25) is 4.79 Å². The maximum atomic E-state index is 13.0. The molecule has 2 N–H and O–H groups in total. The predicted octanol–water partition coefficient (Wildman–Crippen LogP) is 4.48. The van der Waals surface area contributed by atoms with E-state index in [1.165, 1.54) is 31.6 Å². The van der Waals surface area contributed by atoms with Crippen LogP contribution in [0.5, 0.6) is 0 Å². The average molecular weight is 496 g/mol. The first-order chi connectivity index (χ1) is 16.8. The molecule has 9 heteroatoms. The van der Waals surface area contributed by atoms with Crippen molar-refractivity contribution in [3.63, 3.8) is 0 Å². The van der Waals surface area contributed by atoms with Gasteiger partial charge in [-0.2, -0.15) is 0 Å². The van der Waals surface area contributed by atoms with Crippen molar-refractivity contribution in [3.05, 3.63) is 82.8 Å². The molecule has 3 unspecified atom stereocenters. The Balaban J connectivity index is 0.000000347. The molecule has 3 atom stereocenters. The van der Waals surface area contributed by atoms with Crippen molar-refractivity contribution in [2.75, 3.05) is 19.5 Å². The number of ether oxygens (including phenoxy) is 2. The zero-order valence-electron chi connectivity index (χ0n) is 19.8. The van der Waals surface area contributed by atoms with Crippen LogP contribution in [0.3, 0.4) is 0 Å². The van der Waals surface area contributed by atoms with Gasteiger partial charge in [-0.05, 0) is 37.1 Å². The number of thiazole rings is 1. The van der Waals surface area contributed by atoms with Crippen LogP contribution in [0.25, 0.3) is 11.1 Å². The quantitative estimate of drug-likeness (QED) is 0.395. The normalized spacial score (nSPS) is 21.7. The molecule has 1 aromatic carbocycles. The number of hydrogen-bond donors (Lipinski definition) is 2. The molecule has 0 radical (unpaired) electrons. The number of rotatable bonds is 5. The smallest absolute Gasteiger partial charge is 0.337 e. The molecule has 1 aromatic heterocycles. The topological polar surface area (TPSA) is 89.5 Å².